The molecule has 1 saturated heterocycles. The third-order valence-electron chi connectivity index (χ3n) is 4.32. The molecule has 2 heterocycles. The van der Waals surface area contributed by atoms with E-state index in [0.29, 0.717) is 6.54 Å². The monoisotopic (exact) mass is 350 g/mol. The van der Waals surface area contributed by atoms with Crippen molar-refractivity contribution in [3.8, 4) is 0 Å². The Morgan fingerprint density at radius 3 is 2.50 bits per heavy atom. The maximum atomic E-state index is 11.0. The molecule has 0 spiro atoms. The molecule has 3 rings (SSSR count). The first-order valence-corrected chi connectivity index (χ1v) is 9.88. The smallest absolute Gasteiger partial charge is 0.326 e. The van der Waals surface area contributed by atoms with E-state index >= 15 is 0 Å². The van der Waals surface area contributed by atoms with Gasteiger partial charge in [0.25, 0.3) is 0 Å². The second-order valence-electron chi connectivity index (χ2n) is 6.33. The summed E-state index contributed by atoms with van der Waals surface area (Å²) in [5.74, 6) is 1.71. The van der Waals surface area contributed by atoms with E-state index in [-0.39, 0.29) is 6.16 Å². The second-order valence-corrected chi connectivity index (χ2v) is 8.11. The van der Waals surface area contributed by atoms with Crippen molar-refractivity contribution in [2.75, 3.05) is 43.8 Å². The number of rotatable bonds is 4. The number of aromatic nitrogens is 2. The Hall–Kier alpha value is -1.53. The van der Waals surface area contributed by atoms with Crippen LogP contribution in [0.1, 0.15) is 11.4 Å². The highest BCUT2D eigenvalue weighted by atomic mass is 31.2. The molecule has 0 bridgehead atoms. The van der Waals surface area contributed by atoms with Gasteiger partial charge in [-0.15, -0.1) is 0 Å². The molecular formula is C16H23N4O3P. The minimum Gasteiger partial charge on any atom is -0.353 e. The van der Waals surface area contributed by atoms with E-state index < -0.39 is 7.60 Å². The molecule has 8 heteroatoms. The van der Waals surface area contributed by atoms with Crippen molar-refractivity contribution in [2.45, 2.75) is 13.8 Å². The Morgan fingerprint density at radius 2 is 1.83 bits per heavy atom. The maximum absolute atomic E-state index is 11.0. The summed E-state index contributed by atoms with van der Waals surface area (Å²) in [6.45, 7) is 7.52. The maximum Gasteiger partial charge on any atom is 0.326 e. The lowest BCUT2D eigenvalue weighted by molar-refractivity contribution is 0.264. The van der Waals surface area contributed by atoms with Crippen molar-refractivity contribution in [2.24, 2.45) is 0 Å². The van der Waals surface area contributed by atoms with Crippen LogP contribution in [0.4, 0.5) is 5.82 Å². The normalized spacial score (nSPS) is 16.8. The van der Waals surface area contributed by atoms with E-state index in [9.17, 15) is 4.57 Å². The molecule has 0 unspecified atom stereocenters. The van der Waals surface area contributed by atoms with Crippen LogP contribution in [0, 0.1) is 13.8 Å². The summed E-state index contributed by atoms with van der Waals surface area (Å²) in [7, 11) is -3.93. The third-order valence-corrected chi connectivity index (χ3v) is 5.11. The van der Waals surface area contributed by atoms with Gasteiger partial charge in [-0.3, -0.25) is 9.46 Å². The molecule has 0 saturated carbocycles. The van der Waals surface area contributed by atoms with Crippen LogP contribution in [0.5, 0.6) is 0 Å². The van der Waals surface area contributed by atoms with Crippen LogP contribution in [0.15, 0.2) is 18.2 Å². The minimum atomic E-state index is -3.93. The lowest BCUT2D eigenvalue weighted by atomic mass is 10.1. The van der Waals surface area contributed by atoms with Crippen molar-refractivity contribution in [1.29, 1.82) is 0 Å². The van der Waals surface area contributed by atoms with Gasteiger partial charge in [-0.05, 0) is 31.5 Å². The van der Waals surface area contributed by atoms with Crippen LogP contribution in [-0.2, 0) is 4.57 Å². The lowest BCUT2D eigenvalue weighted by Gasteiger charge is -2.35. The van der Waals surface area contributed by atoms with Crippen LogP contribution in [0.2, 0.25) is 0 Å². The second kappa shape index (κ2) is 6.76. The van der Waals surface area contributed by atoms with Crippen molar-refractivity contribution >= 4 is 24.3 Å². The highest BCUT2D eigenvalue weighted by Gasteiger charge is 2.22. The topological polar surface area (TPSA) is 89.8 Å². The zero-order chi connectivity index (χ0) is 17.3. The van der Waals surface area contributed by atoms with E-state index in [1.165, 1.54) is 5.56 Å². The summed E-state index contributed by atoms with van der Waals surface area (Å²) in [4.78, 5) is 31.5. The highest BCUT2D eigenvalue weighted by molar-refractivity contribution is 7.51. The molecule has 1 fully saturated rings. The average Bonchev–Trinajstić information content (AvgIpc) is 2.51. The zero-order valence-electron chi connectivity index (χ0n) is 14.0. The number of aryl methyl sites for hydroxylation is 2. The molecule has 7 nitrogen and oxygen atoms in total. The van der Waals surface area contributed by atoms with E-state index in [1.807, 2.05) is 6.92 Å². The zero-order valence-corrected chi connectivity index (χ0v) is 14.9. The SMILES string of the molecule is Cc1ccc2c(N3CCN(CCP(=O)(O)O)CC3)nc(C)nc2c1. The quantitative estimate of drug-likeness (QED) is 0.809. The Balaban J connectivity index is 1.75. The van der Waals surface area contributed by atoms with Crippen LogP contribution >= 0.6 is 7.60 Å². The molecule has 1 aliphatic heterocycles. The van der Waals surface area contributed by atoms with Gasteiger partial charge >= 0.3 is 7.60 Å². The van der Waals surface area contributed by atoms with E-state index in [2.05, 4.69) is 44.9 Å². The molecule has 0 atom stereocenters. The van der Waals surface area contributed by atoms with Gasteiger partial charge in [0.15, 0.2) is 0 Å². The van der Waals surface area contributed by atoms with Gasteiger partial charge in [0.2, 0.25) is 0 Å². The summed E-state index contributed by atoms with van der Waals surface area (Å²) >= 11 is 0. The molecule has 2 aromatic rings. The summed E-state index contributed by atoms with van der Waals surface area (Å²) in [5.41, 5.74) is 2.13. The molecule has 1 aliphatic rings. The van der Waals surface area contributed by atoms with Gasteiger partial charge in [-0.2, -0.15) is 0 Å². The van der Waals surface area contributed by atoms with E-state index in [4.69, 9.17) is 9.79 Å². The predicted octanol–water partition coefficient (Wildman–Crippen LogP) is 1.55. The molecule has 0 aliphatic carbocycles. The lowest BCUT2D eigenvalue weighted by Crippen LogP contribution is -2.47. The van der Waals surface area contributed by atoms with Crippen molar-refractivity contribution in [3.63, 3.8) is 0 Å². The number of anilines is 1. The van der Waals surface area contributed by atoms with E-state index in [1.54, 1.807) is 0 Å². The van der Waals surface area contributed by atoms with Gasteiger partial charge in [-0.25, -0.2) is 9.97 Å². The van der Waals surface area contributed by atoms with E-state index in [0.717, 1.165) is 48.7 Å². The molecule has 0 radical (unpaired) electrons. The van der Waals surface area contributed by atoms with Gasteiger partial charge < -0.3 is 14.7 Å². The Bertz CT molecular complexity index is 779. The Kier molecular flexibility index (Phi) is 4.88. The molecule has 24 heavy (non-hydrogen) atoms. The summed E-state index contributed by atoms with van der Waals surface area (Å²) in [6.07, 6.45) is -0.0815. The van der Waals surface area contributed by atoms with Crippen LogP contribution in [0.25, 0.3) is 10.9 Å². The fraction of sp³-hybridized carbons (Fsp3) is 0.500. The molecule has 2 N–H and O–H groups in total. The average molecular weight is 350 g/mol. The third kappa shape index (κ3) is 4.11. The summed E-state index contributed by atoms with van der Waals surface area (Å²) in [6, 6.07) is 6.21. The predicted molar refractivity (Wildman–Crippen MR) is 94.6 cm³/mol. The van der Waals surface area contributed by atoms with Crippen LogP contribution in [-0.4, -0.2) is 63.5 Å². The first-order valence-electron chi connectivity index (χ1n) is 8.09. The van der Waals surface area contributed by atoms with Crippen LogP contribution in [0.3, 0.4) is 0 Å². The molecule has 1 aromatic heterocycles. The van der Waals surface area contributed by atoms with Gasteiger partial charge in [0.05, 0.1) is 11.7 Å². The first kappa shape index (κ1) is 17.3. The summed E-state index contributed by atoms with van der Waals surface area (Å²) < 4.78 is 11.0. The number of nitrogens with zero attached hydrogens (tertiary/aromatic N) is 4. The fourth-order valence-electron chi connectivity index (χ4n) is 3.03. The number of fused-ring (bicyclic) bond motifs is 1. The van der Waals surface area contributed by atoms with Gasteiger partial charge in [-0.1, -0.05) is 6.07 Å². The molecule has 1 aromatic carbocycles. The highest BCUT2D eigenvalue weighted by Crippen LogP contribution is 2.34. The van der Waals surface area contributed by atoms with Crippen LogP contribution < -0.4 is 4.90 Å². The van der Waals surface area contributed by atoms with Gasteiger partial charge in [0, 0.05) is 38.1 Å². The summed E-state index contributed by atoms with van der Waals surface area (Å²) in [5, 5.41) is 1.05. The number of hydrogen-bond acceptors (Lipinski definition) is 5. The van der Waals surface area contributed by atoms with Gasteiger partial charge in [0.1, 0.15) is 11.6 Å². The first-order chi connectivity index (χ1) is 11.3. The minimum absolute atomic E-state index is 0.0815. The Morgan fingerprint density at radius 1 is 1.12 bits per heavy atom. The largest absolute Gasteiger partial charge is 0.353 e. The standard InChI is InChI=1S/C16H23N4O3P/c1-12-3-4-14-15(11-12)17-13(2)18-16(14)20-7-5-19(6-8-20)9-10-24(21,22)23/h3-4,11H,5-10H2,1-2H3,(H2,21,22,23). The fourth-order valence-corrected chi connectivity index (χ4v) is 3.58. The van der Waals surface area contributed by atoms with Crippen molar-refractivity contribution < 1.29 is 14.4 Å². The van der Waals surface area contributed by atoms with Crippen molar-refractivity contribution in [1.82, 2.24) is 14.9 Å². The molecule has 130 valence electrons. The number of piperazine rings is 1. The number of hydrogen-bond donors (Lipinski definition) is 2. The molecule has 0 amide bonds. The number of benzene rings is 1. The van der Waals surface area contributed by atoms with Crippen molar-refractivity contribution in [3.05, 3.63) is 29.6 Å². The molecular weight excluding hydrogens is 327 g/mol. The Labute approximate surface area is 141 Å².